The van der Waals surface area contributed by atoms with Gasteiger partial charge in [0.25, 0.3) is 5.91 Å². The normalized spacial score (nSPS) is 17.7. The minimum absolute atomic E-state index is 0.0371. The van der Waals surface area contributed by atoms with E-state index in [1.54, 1.807) is 17.0 Å². The molecule has 3 aromatic rings. The molecule has 0 radical (unpaired) electrons. The number of rotatable bonds is 5. The monoisotopic (exact) mass is 490 g/mol. The Labute approximate surface area is 210 Å². The molecular weight excluding hydrogens is 459 g/mol. The van der Waals surface area contributed by atoms with Gasteiger partial charge in [-0.2, -0.15) is 0 Å². The van der Waals surface area contributed by atoms with Crippen molar-refractivity contribution in [1.29, 1.82) is 0 Å². The molecule has 2 aromatic carbocycles. The van der Waals surface area contributed by atoms with E-state index in [0.717, 1.165) is 37.4 Å². The average molecular weight is 491 g/mol. The zero-order chi connectivity index (χ0) is 25.2. The predicted molar refractivity (Wildman–Crippen MR) is 137 cm³/mol. The van der Waals surface area contributed by atoms with Gasteiger partial charge in [-0.3, -0.25) is 14.6 Å². The second-order valence-electron chi connectivity index (χ2n) is 9.71. The van der Waals surface area contributed by atoms with Gasteiger partial charge in [0, 0.05) is 55.1 Å². The number of carbonyl (C=O) groups excluding carboxylic acids is 2. The number of hydrogen-bond acceptors (Lipinski definition) is 5. The van der Waals surface area contributed by atoms with E-state index in [-0.39, 0.29) is 30.0 Å². The number of fused-ring (bicyclic) bond motifs is 1. The van der Waals surface area contributed by atoms with Crippen molar-refractivity contribution in [3.8, 4) is 5.75 Å². The SMILES string of the molecule is CC(C)N1CCC(Oc2ccc(N3CCN(C(=O)c4ccc(F)c5ncccc45)CC3=O)cc2)CC1. The summed E-state index contributed by atoms with van der Waals surface area (Å²) in [4.78, 5) is 35.9. The van der Waals surface area contributed by atoms with E-state index in [1.165, 1.54) is 23.2 Å². The number of ether oxygens (including phenoxy) is 1. The van der Waals surface area contributed by atoms with Crippen LogP contribution < -0.4 is 9.64 Å². The molecule has 5 rings (SSSR count). The maximum atomic E-state index is 14.1. The summed E-state index contributed by atoms with van der Waals surface area (Å²) in [5.74, 6) is -0.126. The molecule has 2 saturated heterocycles. The first-order valence-electron chi connectivity index (χ1n) is 12.5. The summed E-state index contributed by atoms with van der Waals surface area (Å²) < 4.78 is 20.3. The number of amides is 2. The summed E-state index contributed by atoms with van der Waals surface area (Å²) in [6.45, 7) is 7.26. The van der Waals surface area contributed by atoms with E-state index in [4.69, 9.17) is 4.74 Å². The summed E-state index contributed by atoms with van der Waals surface area (Å²) in [5, 5.41) is 0.447. The third-order valence-electron chi connectivity index (χ3n) is 7.12. The number of aromatic nitrogens is 1. The van der Waals surface area contributed by atoms with Crippen LogP contribution in [0.4, 0.5) is 10.1 Å². The Kier molecular flexibility index (Phi) is 6.87. The smallest absolute Gasteiger partial charge is 0.255 e. The molecule has 2 aliphatic heterocycles. The molecule has 36 heavy (non-hydrogen) atoms. The molecule has 0 bridgehead atoms. The Balaban J connectivity index is 1.21. The van der Waals surface area contributed by atoms with Crippen LogP contribution in [0.25, 0.3) is 10.9 Å². The molecular formula is C28H31FN4O3. The van der Waals surface area contributed by atoms with E-state index >= 15 is 0 Å². The molecule has 7 nitrogen and oxygen atoms in total. The molecule has 0 atom stereocenters. The summed E-state index contributed by atoms with van der Waals surface area (Å²) in [7, 11) is 0. The number of piperazine rings is 1. The number of hydrogen-bond donors (Lipinski definition) is 0. The lowest BCUT2D eigenvalue weighted by Crippen LogP contribution is -2.52. The third kappa shape index (κ3) is 4.91. The first kappa shape index (κ1) is 24.2. The van der Waals surface area contributed by atoms with Gasteiger partial charge in [-0.05, 0) is 69.2 Å². The molecule has 2 amide bonds. The number of benzene rings is 2. The van der Waals surface area contributed by atoms with Crippen molar-refractivity contribution in [2.45, 2.75) is 38.8 Å². The van der Waals surface area contributed by atoms with Crippen molar-refractivity contribution in [3.63, 3.8) is 0 Å². The van der Waals surface area contributed by atoms with Crippen LogP contribution in [-0.4, -0.2) is 71.5 Å². The highest BCUT2D eigenvalue weighted by atomic mass is 19.1. The van der Waals surface area contributed by atoms with Crippen LogP contribution >= 0.6 is 0 Å². The standard InChI is InChI=1S/C28H31FN4O3/c1-19(2)31-14-11-22(12-15-31)36-21-7-5-20(6-8-21)33-17-16-32(18-26(33)34)28(35)24-9-10-25(29)27-23(24)4-3-13-30-27/h3-10,13,19,22H,11-12,14-18H2,1-2H3. The van der Waals surface area contributed by atoms with Crippen molar-refractivity contribution in [3.05, 3.63) is 66.1 Å². The van der Waals surface area contributed by atoms with Crippen LogP contribution in [-0.2, 0) is 4.79 Å². The third-order valence-corrected chi connectivity index (χ3v) is 7.12. The lowest BCUT2D eigenvalue weighted by molar-refractivity contribution is -0.120. The summed E-state index contributed by atoms with van der Waals surface area (Å²) in [5.41, 5.74) is 1.29. The van der Waals surface area contributed by atoms with Crippen molar-refractivity contribution >= 4 is 28.4 Å². The number of halogens is 1. The second kappa shape index (κ2) is 10.2. The molecule has 0 N–H and O–H groups in total. The first-order valence-corrected chi connectivity index (χ1v) is 12.5. The van der Waals surface area contributed by atoms with Crippen LogP contribution in [0.1, 0.15) is 37.0 Å². The van der Waals surface area contributed by atoms with E-state index in [0.29, 0.717) is 30.1 Å². The maximum Gasteiger partial charge on any atom is 0.255 e. The molecule has 2 aliphatic rings. The number of carbonyl (C=O) groups is 2. The number of nitrogens with zero attached hydrogens (tertiary/aromatic N) is 4. The van der Waals surface area contributed by atoms with Gasteiger partial charge in [0.05, 0.1) is 0 Å². The van der Waals surface area contributed by atoms with Crippen LogP contribution in [0.15, 0.2) is 54.7 Å². The highest BCUT2D eigenvalue weighted by molar-refractivity contribution is 6.08. The molecule has 8 heteroatoms. The minimum Gasteiger partial charge on any atom is -0.490 e. The molecule has 0 spiro atoms. The fourth-order valence-corrected chi connectivity index (χ4v) is 5.02. The fourth-order valence-electron chi connectivity index (χ4n) is 5.02. The zero-order valence-electron chi connectivity index (χ0n) is 20.7. The van der Waals surface area contributed by atoms with Gasteiger partial charge in [0.1, 0.15) is 29.7 Å². The molecule has 0 saturated carbocycles. The van der Waals surface area contributed by atoms with E-state index in [9.17, 15) is 14.0 Å². The lowest BCUT2D eigenvalue weighted by atomic mass is 10.1. The maximum absolute atomic E-state index is 14.1. The van der Waals surface area contributed by atoms with Gasteiger partial charge >= 0.3 is 0 Å². The Morgan fingerprint density at radius 2 is 1.78 bits per heavy atom. The highest BCUT2D eigenvalue weighted by Gasteiger charge is 2.30. The molecule has 2 fully saturated rings. The van der Waals surface area contributed by atoms with Crippen LogP contribution in [0.2, 0.25) is 0 Å². The first-order chi connectivity index (χ1) is 17.4. The molecule has 1 aromatic heterocycles. The Bertz CT molecular complexity index is 1260. The zero-order valence-corrected chi connectivity index (χ0v) is 20.7. The topological polar surface area (TPSA) is 66.0 Å². The Hall–Kier alpha value is -3.52. The number of anilines is 1. The largest absolute Gasteiger partial charge is 0.490 e. The van der Waals surface area contributed by atoms with Gasteiger partial charge in [-0.1, -0.05) is 6.07 Å². The number of likely N-dealkylation sites (tertiary alicyclic amines) is 1. The Morgan fingerprint density at radius 3 is 2.47 bits per heavy atom. The van der Waals surface area contributed by atoms with Gasteiger partial charge < -0.3 is 19.4 Å². The lowest BCUT2D eigenvalue weighted by Gasteiger charge is -2.35. The van der Waals surface area contributed by atoms with Gasteiger partial charge in [0.2, 0.25) is 5.91 Å². The van der Waals surface area contributed by atoms with Gasteiger partial charge in [0.15, 0.2) is 0 Å². The summed E-state index contributed by atoms with van der Waals surface area (Å²) in [6.07, 6.45) is 3.72. The Morgan fingerprint density at radius 1 is 1.03 bits per heavy atom. The molecule has 0 aliphatic carbocycles. The van der Waals surface area contributed by atoms with Gasteiger partial charge in [-0.15, -0.1) is 0 Å². The van der Waals surface area contributed by atoms with Crippen molar-refractivity contribution in [2.24, 2.45) is 0 Å². The highest BCUT2D eigenvalue weighted by Crippen LogP contribution is 2.26. The summed E-state index contributed by atoms with van der Waals surface area (Å²) in [6, 6.07) is 14.2. The number of piperidine rings is 1. The summed E-state index contributed by atoms with van der Waals surface area (Å²) >= 11 is 0. The van der Waals surface area contributed by atoms with Crippen molar-refractivity contribution in [1.82, 2.24) is 14.8 Å². The molecule has 3 heterocycles. The van der Waals surface area contributed by atoms with Crippen LogP contribution in [0, 0.1) is 5.82 Å². The van der Waals surface area contributed by atoms with E-state index in [1.807, 2.05) is 24.3 Å². The minimum atomic E-state index is -0.475. The van der Waals surface area contributed by atoms with E-state index < -0.39 is 5.82 Å². The van der Waals surface area contributed by atoms with E-state index in [2.05, 4.69) is 23.7 Å². The van der Waals surface area contributed by atoms with Gasteiger partial charge in [-0.25, -0.2) is 4.39 Å². The van der Waals surface area contributed by atoms with Crippen molar-refractivity contribution < 1.29 is 18.7 Å². The van der Waals surface area contributed by atoms with Crippen molar-refractivity contribution in [2.75, 3.05) is 37.6 Å². The van der Waals surface area contributed by atoms with Crippen LogP contribution in [0.5, 0.6) is 5.75 Å². The number of pyridine rings is 1. The molecule has 0 unspecified atom stereocenters. The quantitative estimate of drug-likeness (QED) is 0.539. The van der Waals surface area contributed by atoms with Crippen LogP contribution in [0.3, 0.4) is 0 Å². The average Bonchev–Trinajstić information content (AvgIpc) is 2.89. The fraction of sp³-hybridized carbons (Fsp3) is 0.393. The predicted octanol–water partition coefficient (Wildman–Crippen LogP) is 4.11. The second-order valence-corrected chi connectivity index (χ2v) is 9.71. The molecule has 188 valence electrons.